The summed E-state index contributed by atoms with van der Waals surface area (Å²) in [6.07, 6.45) is 3.80. The first-order valence-electron chi connectivity index (χ1n) is 7.44. The Morgan fingerprint density at radius 1 is 1.55 bits per heavy atom. The van der Waals surface area contributed by atoms with Crippen LogP contribution in [0.25, 0.3) is 0 Å². The van der Waals surface area contributed by atoms with Gasteiger partial charge in [-0.2, -0.15) is 0 Å². The van der Waals surface area contributed by atoms with E-state index in [2.05, 4.69) is 29.5 Å². The zero-order valence-corrected chi connectivity index (χ0v) is 13.5. The number of hydrogen-bond donors (Lipinski definition) is 1. The Kier molecular flexibility index (Phi) is 6.42. The Hall–Kier alpha value is -0.490. The molecular formula is C15H26N2O2S. The number of methoxy groups -OCH3 is 1. The smallest absolute Gasteiger partial charge is 0.119 e. The van der Waals surface area contributed by atoms with E-state index in [9.17, 15) is 0 Å². The summed E-state index contributed by atoms with van der Waals surface area (Å²) in [7, 11) is 1.70. The van der Waals surface area contributed by atoms with E-state index in [1.54, 1.807) is 18.4 Å². The van der Waals surface area contributed by atoms with Crippen LogP contribution in [0.1, 0.15) is 43.8 Å². The summed E-state index contributed by atoms with van der Waals surface area (Å²) in [5, 5.41) is 6.79. The van der Waals surface area contributed by atoms with E-state index in [1.807, 2.05) is 0 Å². The average molecular weight is 298 g/mol. The third kappa shape index (κ3) is 5.13. The van der Waals surface area contributed by atoms with E-state index >= 15 is 0 Å². The van der Waals surface area contributed by atoms with Crippen molar-refractivity contribution in [3.05, 3.63) is 16.1 Å². The molecule has 114 valence electrons. The number of nitrogens with zero attached hydrogens (tertiary/aromatic N) is 1. The van der Waals surface area contributed by atoms with E-state index < -0.39 is 0 Å². The van der Waals surface area contributed by atoms with Crippen LogP contribution in [0.4, 0.5) is 0 Å². The topological polar surface area (TPSA) is 43.4 Å². The standard InChI is InChI=1S/C15H26N2O2S/c1-11(2)6-14-7-12(4-5-19-14)16-8-13-10-20-15(17-13)9-18-3/h10-12,14,16H,4-9H2,1-3H3/t12-,14-/m1/s1. The Bertz CT molecular complexity index is 395. The zero-order chi connectivity index (χ0) is 14.4. The highest BCUT2D eigenvalue weighted by molar-refractivity contribution is 7.09. The maximum Gasteiger partial charge on any atom is 0.119 e. The van der Waals surface area contributed by atoms with E-state index in [0.717, 1.165) is 43.1 Å². The monoisotopic (exact) mass is 298 g/mol. The lowest BCUT2D eigenvalue weighted by Gasteiger charge is -2.31. The highest BCUT2D eigenvalue weighted by atomic mass is 32.1. The van der Waals surface area contributed by atoms with Crippen LogP contribution in [0.3, 0.4) is 0 Å². The third-order valence-corrected chi connectivity index (χ3v) is 4.41. The number of rotatable bonds is 7. The minimum absolute atomic E-state index is 0.417. The number of nitrogens with one attached hydrogen (secondary N) is 1. The molecule has 1 aliphatic rings. The van der Waals surface area contributed by atoms with Gasteiger partial charge in [0.15, 0.2) is 0 Å². The molecule has 1 saturated heterocycles. The highest BCUT2D eigenvalue weighted by Gasteiger charge is 2.22. The summed E-state index contributed by atoms with van der Waals surface area (Å²) in [5.74, 6) is 0.703. The van der Waals surface area contributed by atoms with Crippen molar-refractivity contribution < 1.29 is 9.47 Å². The van der Waals surface area contributed by atoms with Gasteiger partial charge in [-0.1, -0.05) is 13.8 Å². The molecular weight excluding hydrogens is 272 g/mol. The number of ether oxygens (including phenoxy) is 2. The van der Waals surface area contributed by atoms with E-state index in [0.29, 0.717) is 24.7 Å². The summed E-state index contributed by atoms with van der Waals surface area (Å²) in [5.41, 5.74) is 1.12. The summed E-state index contributed by atoms with van der Waals surface area (Å²) >= 11 is 1.67. The summed E-state index contributed by atoms with van der Waals surface area (Å²) in [6, 6.07) is 0.556. The lowest BCUT2D eigenvalue weighted by molar-refractivity contribution is -0.00961. The maximum atomic E-state index is 5.84. The second-order valence-corrected chi connectivity index (χ2v) is 6.83. The van der Waals surface area contributed by atoms with Crippen molar-refractivity contribution in [3.63, 3.8) is 0 Å². The van der Waals surface area contributed by atoms with Crippen LogP contribution in [0.2, 0.25) is 0 Å². The predicted molar refractivity (Wildman–Crippen MR) is 81.9 cm³/mol. The van der Waals surface area contributed by atoms with Crippen molar-refractivity contribution in [2.45, 2.75) is 58.4 Å². The van der Waals surface area contributed by atoms with Crippen LogP contribution >= 0.6 is 11.3 Å². The summed E-state index contributed by atoms with van der Waals surface area (Å²) < 4.78 is 10.9. The number of hydrogen-bond acceptors (Lipinski definition) is 5. The fourth-order valence-electron chi connectivity index (χ4n) is 2.62. The fourth-order valence-corrected chi connectivity index (χ4v) is 3.39. The largest absolute Gasteiger partial charge is 0.378 e. The number of thiazole rings is 1. The van der Waals surface area contributed by atoms with Gasteiger partial charge in [-0.25, -0.2) is 4.98 Å². The van der Waals surface area contributed by atoms with E-state index in [-0.39, 0.29) is 0 Å². The molecule has 0 unspecified atom stereocenters. The molecule has 0 radical (unpaired) electrons. The molecule has 0 saturated carbocycles. The van der Waals surface area contributed by atoms with Gasteiger partial charge in [0.2, 0.25) is 0 Å². The zero-order valence-electron chi connectivity index (χ0n) is 12.7. The van der Waals surface area contributed by atoms with Crippen LogP contribution in [-0.2, 0) is 22.6 Å². The van der Waals surface area contributed by atoms with Crippen molar-refractivity contribution in [2.75, 3.05) is 13.7 Å². The van der Waals surface area contributed by atoms with Gasteiger partial charge in [0.05, 0.1) is 18.4 Å². The molecule has 20 heavy (non-hydrogen) atoms. The van der Waals surface area contributed by atoms with Crippen LogP contribution in [-0.4, -0.2) is 30.8 Å². The molecule has 0 amide bonds. The van der Waals surface area contributed by atoms with Crippen LogP contribution < -0.4 is 5.32 Å². The summed E-state index contributed by atoms with van der Waals surface area (Å²) in [6.45, 7) is 6.85. The van der Waals surface area contributed by atoms with E-state index in [1.165, 1.54) is 0 Å². The molecule has 0 bridgehead atoms. The van der Waals surface area contributed by atoms with Crippen LogP contribution in [0, 0.1) is 5.92 Å². The van der Waals surface area contributed by atoms with Crippen LogP contribution in [0.15, 0.2) is 5.38 Å². The minimum atomic E-state index is 0.417. The molecule has 1 fully saturated rings. The lowest BCUT2D eigenvalue weighted by Crippen LogP contribution is -2.39. The SMILES string of the molecule is COCc1nc(CN[C@@H]2CCO[C@H](CC(C)C)C2)cs1. The van der Waals surface area contributed by atoms with Gasteiger partial charge in [0, 0.05) is 31.7 Å². The number of aromatic nitrogens is 1. The maximum absolute atomic E-state index is 5.84. The van der Waals surface area contributed by atoms with Gasteiger partial charge >= 0.3 is 0 Å². The van der Waals surface area contributed by atoms with Gasteiger partial charge in [0.25, 0.3) is 0 Å². The third-order valence-electron chi connectivity index (χ3n) is 3.54. The average Bonchev–Trinajstić information content (AvgIpc) is 2.84. The molecule has 1 aromatic heterocycles. The molecule has 1 aliphatic heterocycles. The van der Waals surface area contributed by atoms with Crippen molar-refractivity contribution in [3.8, 4) is 0 Å². The molecule has 0 spiro atoms. The Balaban J connectivity index is 1.75. The van der Waals surface area contributed by atoms with E-state index in [4.69, 9.17) is 9.47 Å². The molecule has 0 aliphatic carbocycles. The Labute approximate surface area is 125 Å². The summed E-state index contributed by atoms with van der Waals surface area (Å²) in [4.78, 5) is 4.55. The molecule has 2 heterocycles. The first-order valence-corrected chi connectivity index (χ1v) is 8.32. The van der Waals surface area contributed by atoms with Gasteiger partial charge in [-0.15, -0.1) is 11.3 Å². The Morgan fingerprint density at radius 3 is 3.15 bits per heavy atom. The molecule has 1 N–H and O–H groups in total. The van der Waals surface area contributed by atoms with Crippen LogP contribution in [0.5, 0.6) is 0 Å². The predicted octanol–water partition coefficient (Wildman–Crippen LogP) is 2.97. The second kappa shape index (κ2) is 8.08. The normalized spacial score (nSPS) is 23.4. The first-order chi connectivity index (χ1) is 9.67. The van der Waals surface area contributed by atoms with Gasteiger partial charge < -0.3 is 14.8 Å². The van der Waals surface area contributed by atoms with Crippen molar-refractivity contribution in [1.29, 1.82) is 0 Å². The molecule has 4 nitrogen and oxygen atoms in total. The highest BCUT2D eigenvalue weighted by Crippen LogP contribution is 2.20. The molecule has 0 aromatic carbocycles. The molecule has 5 heteroatoms. The molecule has 2 rings (SSSR count). The second-order valence-electron chi connectivity index (χ2n) is 5.89. The lowest BCUT2D eigenvalue weighted by atomic mass is 9.96. The van der Waals surface area contributed by atoms with Gasteiger partial charge in [-0.05, 0) is 25.2 Å². The molecule has 1 aromatic rings. The van der Waals surface area contributed by atoms with Crippen molar-refractivity contribution in [1.82, 2.24) is 10.3 Å². The Morgan fingerprint density at radius 2 is 2.40 bits per heavy atom. The van der Waals surface area contributed by atoms with Crippen molar-refractivity contribution in [2.24, 2.45) is 5.92 Å². The van der Waals surface area contributed by atoms with Gasteiger partial charge in [-0.3, -0.25) is 0 Å². The first kappa shape index (κ1) is 15.9. The minimum Gasteiger partial charge on any atom is -0.378 e. The van der Waals surface area contributed by atoms with Crippen molar-refractivity contribution >= 4 is 11.3 Å². The molecule has 2 atom stereocenters. The van der Waals surface area contributed by atoms with Gasteiger partial charge in [0.1, 0.15) is 5.01 Å². The quantitative estimate of drug-likeness (QED) is 0.840. The fraction of sp³-hybridized carbons (Fsp3) is 0.800.